The third-order valence-electron chi connectivity index (χ3n) is 6.50. The number of carbonyl (C=O) groups excluding carboxylic acids is 3. The van der Waals surface area contributed by atoms with Gasteiger partial charge in [-0.3, -0.25) is 9.59 Å². The standard InChI is InChI=1S/C26H29F6N5O4/c1-25(2,3)41-24(40)33-15(8-14-9-17(28)18(29)11-16(14)27)10-20(38)36-6-7-37-19(12-36)34-21(13-4-5-13)22(37)35-23(39)26(30,31)32/h9,11,13,15H,4-8,10,12H2,1-3H3,(H,33,40)(H,35,39)/t15-/m1/s1. The number of amides is 3. The van der Waals surface area contributed by atoms with Gasteiger partial charge in [0.1, 0.15) is 23.1 Å². The maximum absolute atomic E-state index is 14.4. The molecule has 1 aromatic heterocycles. The first-order valence-electron chi connectivity index (χ1n) is 12.9. The number of hydrogen-bond donors (Lipinski definition) is 2. The molecule has 0 spiro atoms. The van der Waals surface area contributed by atoms with Gasteiger partial charge in [-0.1, -0.05) is 0 Å². The monoisotopic (exact) mass is 589 g/mol. The van der Waals surface area contributed by atoms with Crippen molar-refractivity contribution in [3.8, 4) is 0 Å². The summed E-state index contributed by atoms with van der Waals surface area (Å²) in [6.07, 6.45) is -5.35. The predicted octanol–water partition coefficient (Wildman–Crippen LogP) is 4.55. The van der Waals surface area contributed by atoms with E-state index in [1.165, 1.54) is 9.47 Å². The molecule has 1 aliphatic carbocycles. The fraction of sp³-hybridized carbons (Fsp3) is 0.538. The molecule has 0 unspecified atom stereocenters. The first-order valence-corrected chi connectivity index (χ1v) is 12.9. The Hall–Kier alpha value is -3.78. The van der Waals surface area contributed by atoms with Crippen LogP contribution in [0.15, 0.2) is 12.1 Å². The van der Waals surface area contributed by atoms with Crippen LogP contribution in [-0.4, -0.2) is 56.7 Å². The molecule has 0 saturated heterocycles. The molecule has 1 saturated carbocycles. The van der Waals surface area contributed by atoms with E-state index in [1.54, 1.807) is 20.8 Å². The number of nitrogens with one attached hydrogen (secondary N) is 2. The van der Waals surface area contributed by atoms with E-state index in [0.29, 0.717) is 30.7 Å². The van der Waals surface area contributed by atoms with Crippen LogP contribution >= 0.6 is 0 Å². The van der Waals surface area contributed by atoms with Gasteiger partial charge in [0.25, 0.3) is 0 Å². The average molecular weight is 590 g/mol. The minimum absolute atomic E-state index is 0.0379. The molecular weight excluding hydrogens is 560 g/mol. The van der Waals surface area contributed by atoms with Gasteiger partial charge < -0.3 is 24.8 Å². The molecule has 15 heteroatoms. The van der Waals surface area contributed by atoms with Crippen LogP contribution in [0.2, 0.25) is 0 Å². The molecule has 224 valence electrons. The number of imidazole rings is 1. The number of fused-ring (bicyclic) bond motifs is 1. The lowest BCUT2D eigenvalue weighted by molar-refractivity contribution is -0.167. The SMILES string of the molecule is CC(C)(C)OC(=O)N[C@@H](CC(=O)N1CCn2c(nc(C3CC3)c2NC(=O)C(F)(F)F)C1)Cc1cc(F)c(F)cc1F. The summed E-state index contributed by atoms with van der Waals surface area (Å²) in [7, 11) is 0. The molecular formula is C26H29F6N5O4. The van der Waals surface area contributed by atoms with Gasteiger partial charge in [-0.05, 0) is 51.7 Å². The molecule has 2 heterocycles. The van der Waals surface area contributed by atoms with Crippen LogP contribution in [0, 0.1) is 17.5 Å². The maximum atomic E-state index is 14.4. The normalized spacial score (nSPS) is 16.2. The second kappa shape index (κ2) is 11.2. The van der Waals surface area contributed by atoms with Gasteiger partial charge in [-0.2, -0.15) is 13.2 Å². The minimum atomic E-state index is -5.09. The molecule has 1 aromatic carbocycles. The Morgan fingerprint density at radius 1 is 1.05 bits per heavy atom. The molecule has 1 atom stereocenters. The number of rotatable bonds is 7. The quantitative estimate of drug-likeness (QED) is 0.365. The first-order chi connectivity index (χ1) is 19.0. The highest BCUT2D eigenvalue weighted by Gasteiger charge is 2.42. The van der Waals surface area contributed by atoms with Gasteiger partial charge in [0, 0.05) is 37.5 Å². The highest BCUT2D eigenvalue weighted by Crippen LogP contribution is 2.44. The summed E-state index contributed by atoms with van der Waals surface area (Å²) in [6, 6.07) is -0.0667. The molecule has 9 nitrogen and oxygen atoms in total. The fourth-order valence-electron chi connectivity index (χ4n) is 4.49. The lowest BCUT2D eigenvalue weighted by atomic mass is 10.0. The molecule has 4 rings (SSSR count). The zero-order valence-corrected chi connectivity index (χ0v) is 22.5. The number of anilines is 1. The van der Waals surface area contributed by atoms with Crippen molar-refractivity contribution in [2.45, 2.75) is 83.3 Å². The molecule has 2 aliphatic rings. The minimum Gasteiger partial charge on any atom is -0.444 e. The van der Waals surface area contributed by atoms with Crippen molar-refractivity contribution in [2.75, 3.05) is 11.9 Å². The van der Waals surface area contributed by atoms with Crippen LogP contribution in [0.3, 0.4) is 0 Å². The summed E-state index contributed by atoms with van der Waals surface area (Å²) in [5, 5.41) is 4.39. The Morgan fingerprint density at radius 3 is 2.32 bits per heavy atom. The summed E-state index contributed by atoms with van der Waals surface area (Å²) < 4.78 is 87.0. The fourth-order valence-corrected chi connectivity index (χ4v) is 4.49. The van der Waals surface area contributed by atoms with Crippen LogP contribution in [0.5, 0.6) is 0 Å². The number of halogens is 6. The van der Waals surface area contributed by atoms with Crippen LogP contribution < -0.4 is 10.6 Å². The highest BCUT2D eigenvalue weighted by molar-refractivity contribution is 5.95. The third kappa shape index (κ3) is 7.50. The second-order valence-corrected chi connectivity index (χ2v) is 11.1. The van der Waals surface area contributed by atoms with Gasteiger partial charge in [0.2, 0.25) is 5.91 Å². The Bertz CT molecular complexity index is 1350. The van der Waals surface area contributed by atoms with E-state index in [1.807, 2.05) is 5.32 Å². The van der Waals surface area contributed by atoms with Crippen LogP contribution in [-0.2, 0) is 33.8 Å². The molecule has 2 aromatic rings. The van der Waals surface area contributed by atoms with Gasteiger partial charge in [0.15, 0.2) is 11.6 Å². The second-order valence-electron chi connectivity index (χ2n) is 11.1. The van der Waals surface area contributed by atoms with Crippen molar-refractivity contribution in [2.24, 2.45) is 0 Å². The van der Waals surface area contributed by atoms with Crippen molar-refractivity contribution in [1.82, 2.24) is 19.8 Å². The van der Waals surface area contributed by atoms with Crippen LogP contribution in [0.1, 0.15) is 63.0 Å². The number of ether oxygens (including phenoxy) is 1. The van der Waals surface area contributed by atoms with Crippen LogP contribution in [0.4, 0.5) is 37.0 Å². The summed E-state index contributed by atoms with van der Waals surface area (Å²) in [6.45, 7) is 4.81. The van der Waals surface area contributed by atoms with Gasteiger partial charge in [-0.25, -0.2) is 22.9 Å². The van der Waals surface area contributed by atoms with Crippen molar-refractivity contribution in [1.29, 1.82) is 0 Å². The number of benzene rings is 1. The van der Waals surface area contributed by atoms with E-state index >= 15 is 0 Å². The molecule has 3 amide bonds. The van der Waals surface area contributed by atoms with E-state index in [4.69, 9.17) is 4.74 Å². The lowest BCUT2D eigenvalue weighted by Crippen LogP contribution is -2.45. The zero-order valence-electron chi connectivity index (χ0n) is 22.5. The van der Waals surface area contributed by atoms with Crippen molar-refractivity contribution in [3.05, 3.63) is 46.7 Å². The van der Waals surface area contributed by atoms with E-state index in [-0.39, 0.29) is 55.6 Å². The number of nitrogens with zero attached hydrogens (tertiary/aromatic N) is 3. The Morgan fingerprint density at radius 2 is 1.71 bits per heavy atom. The summed E-state index contributed by atoms with van der Waals surface area (Å²) >= 11 is 0. The highest BCUT2D eigenvalue weighted by atomic mass is 19.4. The van der Waals surface area contributed by atoms with E-state index in [9.17, 15) is 40.7 Å². The largest absolute Gasteiger partial charge is 0.471 e. The van der Waals surface area contributed by atoms with Crippen molar-refractivity contribution in [3.63, 3.8) is 0 Å². The van der Waals surface area contributed by atoms with Gasteiger partial charge >= 0.3 is 18.2 Å². The molecule has 2 N–H and O–H groups in total. The van der Waals surface area contributed by atoms with Crippen molar-refractivity contribution >= 4 is 23.7 Å². The number of hydrogen-bond acceptors (Lipinski definition) is 5. The van der Waals surface area contributed by atoms with Gasteiger partial charge in [0.05, 0.1) is 12.2 Å². The molecule has 0 radical (unpaired) electrons. The third-order valence-corrected chi connectivity index (χ3v) is 6.50. The number of carbonyl (C=O) groups is 3. The number of alkyl halides is 3. The molecule has 41 heavy (non-hydrogen) atoms. The molecule has 0 bridgehead atoms. The first kappa shape index (κ1) is 30.2. The predicted molar refractivity (Wildman–Crippen MR) is 132 cm³/mol. The Labute approximate surface area is 231 Å². The molecule has 1 fully saturated rings. The zero-order chi connectivity index (χ0) is 30.3. The van der Waals surface area contributed by atoms with Crippen LogP contribution in [0.25, 0.3) is 0 Å². The molecule has 1 aliphatic heterocycles. The van der Waals surface area contributed by atoms with E-state index < -0.39 is 53.2 Å². The van der Waals surface area contributed by atoms with E-state index in [2.05, 4.69) is 10.3 Å². The number of aromatic nitrogens is 2. The smallest absolute Gasteiger partial charge is 0.444 e. The number of alkyl carbamates (subject to hydrolysis) is 1. The lowest BCUT2D eigenvalue weighted by Gasteiger charge is -2.30. The van der Waals surface area contributed by atoms with E-state index in [0.717, 1.165) is 0 Å². The average Bonchev–Trinajstić information content (AvgIpc) is 3.62. The Balaban J connectivity index is 1.52. The summed E-state index contributed by atoms with van der Waals surface area (Å²) in [5.41, 5.74) is -0.842. The van der Waals surface area contributed by atoms with Crippen molar-refractivity contribution < 1.29 is 45.5 Å². The topological polar surface area (TPSA) is 106 Å². The summed E-state index contributed by atoms with van der Waals surface area (Å²) in [5.74, 6) is -6.27. The maximum Gasteiger partial charge on any atom is 0.471 e. The van der Waals surface area contributed by atoms with Gasteiger partial charge in [-0.15, -0.1) is 0 Å². The summed E-state index contributed by atoms with van der Waals surface area (Å²) in [4.78, 5) is 43.1. The Kier molecular flexibility index (Phi) is 8.28.